The summed E-state index contributed by atoms with van der Waals surface area (Å²) in [5.74, 6) is -1.58. The fourth-order valence-corrected chi connectivity index (χ4v) is 6.28. The number of carbonyl (C=O) groups excluding carboxylic acids is 2. The number of aliphatic hydroxyl groups is 1. The molecule has 0 spiro atoms. The summed E-state index contributed by atoms with van der Waals surface area (Å²) in [6, 6.07) is 10.7. The molecule has 2 heterocycles. The Hall–Kier alpha value is -3.67. The maximum absolute atomic E-state index is 14.0. The molecule has 2 amide bonds. The molecule has 0 bridgehead atoms. The summed E-state index contributed by atoms with van der Waals surface area (Å²) in [5.41, 5.74) is 8.79. The molecule has 0 radical (unpaired) electrons. The minimum Gasteiger partial charge on any atom is -0.481 e. The second-order valence-electron chi connectivity index (χ2n) is 11.2. The summed E-state index contributed by atoms with van der Waals surface area (Å²) in [7, 11) is 0. The molecule has 4 rings (SSSR count). The number of anilines is 1. The van der Waals surface area contributed by atoms with Crippen LogP contribution < -0.4 is 20.1 Å². The molecule has 0 aliphatic carbocycles. The number of likely N-dealkylation sites (tertiary alicyclic amines) is 1. The van der Waals surface area contributed by atoms with E-state index in [4.69, 9.17) is 15.2 Å². The predicted molar refractivity (Wildman–Crippen MR) is 162 cm³/mol. The number of unbranched alkanes of at least 4 members (excludes halogenated alkanes) is 1. The highest BCUT2D eigenvalue weighted by Crippen LogP contribution is 2.44. The summed E-state index contributed by atoms with van der Waals surface area (Å²) < 4.78 is 11.1. The predicted octanol–water partition coefficient (Wildman–Crippen LogP) is 2.93. The lowest BCUT2D eigenvalue weighted by Crippen LogP contribution is -2.46. The average Bonchev–Trinajstić information content (AvgIpc) is 3.62. The molecule has 43 heavy (non-hydrogen) atoms. The van der Waals surface area contributed by atoms with Gasteiger partial charge in [-0.25, -0.2) is 0 Å². The molecule has 0 unspecified atom stereocenters. The quantitative estimate of drug-likeness (QED) is 0.300. The highest BCUT2D eigenvalue weighted by atomic mass is 16.7. The number of rotatable bonds is 14. The largest absolute Gasteiger partial charge is 0.481 e. The zero-order chi connectivity index (χ0) is 31.1. The number of hydrogen-bond acceptors (Lipinski definition) is 8. The Kier molecular flexibility index (Phi) is 11.0. The van der Waals surface area contributed by atoms with Crippen LogP contribution in [0.25, 0.3) is 0 Å². The number of benzene rings is 2. The van der Waals surface area contributed by atoms with E-state index in [2.05, 4.69) is 6.92 Å². The van der Waals surface area contributed by atoms with Crippen molar-refractivity contribution in [2.75, 3.05) is 44.4 Å². The molecule has 4 N–H and O–H groups in total. The number of hydrogen-bond donors (Lipinski definition) is 3. The van der Waals surface area contributed by atoms with Crippen LogP contribution in [0.3, 0.4) is 0 Å². The van der Waals surface area contributed by atoms with Gasteiger partial charge in [0.15, 0.2) is 11.5 Å². The van der Waals surface area contributed by atoms with E-state index in [9.17, 15) is 24.6 Å². The van der Waals surface area contributed by atoms with Gasteiger partial charge in [-0.2, -0.15) is 0 Å². The third kappa shape index (κ3) is 7.29. The Bertz CT molecular complexity index is 1300. The summed E-state index contributed by atoms with van der Waals surface area (Å²) in [6.07, 6.45) is 2.11. The first-order valence-corrected chi connectivity index (χ1v) is 15.1. The van der Waals surface area contributed by atoms with Crippen LogP contribution in [-0.2, 0) is 27.5 Å². The lowest BCUT2D eigenvalue weighted by molar-refractivity contribution is -0.143. The van der Waals surface area contributed by atoms with Gasteiger partial charge in [0.2, 0.25) is 18.6 Å². The van der Waals surface area contributed by atoms with Crippen LogP contribution in [0, 0.1) is 5.92 Å². The van der Waals surface area contributed by atoms with Crippen molar-refractivity contribution < 1.29 is 34.1 Å². The Balaban J connectivity index is 1.69. The van der Waals surface area contributed by atoms with Gasteiger partial charge in [0, 0.05) is 62.9 Å². The molecule has 1 saturated heterocycles. The zero-order valence-corrected chi connectivity index (χ0v) is 25.3. The summed E-state index contributed by atoms with van der Waals surface area (Å²) in [5, 5.41) is 20.6. The first kappa shape index (κ1) is 32.2. The van der Waals surface area contributed by atoms with Gasteiger partial charge in [0.25, 0.3) is 0 Å². The minimum atomic E-state index is -0.975. The molecule has 0 aromatic heterocycles. The molecule has 1 fully saturated rings. The van der Waals surface area contributed by atoms with E-state index in [1.165, 1.54) is 6.92 Å². The molecular weight excluding hydrogens is 552 g/mol. The fraction of sp³-hybridized carbons (Fsp3) is 0.531. The standard InChI is InChI=1S/C32H44N4O7/c1-4-6-11-36(25-9-7-8-22(13-25)16-33)29(39)18-35-17-26(23-14-24(19-37)31-28(15-23)42-20-43-31)30(32(40)41)27(35)10-12-34(5-2)21(3)38/h7-9,13-15,26-27,30,37H,4-6,10-12,16-20,33H2,1-3H3,(H,40,41)/t26-,27+,30-/m1/s1. The lowest BCUT2D eigenvalue weighted by Gasteiger charge is -2.31. The Morgan fingerprint density at radius 1 is 1.12 bits per heavy atom. The summed E-state index contributed by atoms with van der Waals surface area (Å²) in [6.45, 7) is 7.30. The smallest absolute Gasteiger partial charge is 0.308 e. The van der Waals surface area contributed by atoms with Gasteiger partial charge in [-0.05, 0) is 55.2 Å². The first-order chi connectivity index (χ1) is 20.7. The third-order valence-electron chi connectivity index (χ3n) is 8.56. The van der Waals surface area contributed by atoms with Crippen molar-refractivity contribution in [3.63, 3.8) is 0 Å². The van der Waals surface area contributed by atoms with Gasteiger partial charge in [-0.1, -0.05) is 25.5 Å². The van der Waals surface area contributed by atoms with Gasteiger partial charge in [0.1, 0.15) is 0 Å². The van der Waals surface area contributed by atoms with Crippen molar-refractivity contribution >= 4 is 23.5 Å². The Morgan fingerprint density at radius 3 is 2.56 bits per heavy atom. The average molecular weight is 597 g/mol. The molecule has 2 aromatic rings. The van der Waals surface area contributed by atoms with Crippen molar-refractivity contribution in [1.82, 2.24) is 9.80 Å². The summed E-state index contributed by atoms with van der Waals surface area (Å²) >= 11 is 0. The van der Waals surface area contributed by atoms with Crippen LogP contribution in [0.5, 0.6) is 11.5 Å². The normalized spacial score (nSPS) is 19.4. The van der Waals surface area contributed by atoms with Crippen molar-refractivity contribution in [3.8, 4) is 11.5 Å². The molecule has 11 heteroatoms. The highest BCUT2D eigenvalue weighted by Gasteiger charge is 2.47. The maximum atomic E-state index is 14.0. The number of ether oxygens (including phenoxy) is 2. The molecular formula is C32H44N4O7. The van der Waals surface area contributed by atoms with Crippen molar-refractivity contribution in [3.05, 3.63) is 53.1 Å². The van der Waals surface area contributed by atoms with E-state index in [1.54, 1.807) is 21.9 Å². The number of aliphatic carboxylic acids is 1. The number of carbonyl (C=O) groups is 3. The van der Waals surface area contributed by atoms with E-state index >= 15 is 0 Å². The topological polar surface area (TPSA) is 146 Å². The van der Waals surface area contributed by atoms with Crippen LogP contribution in [0.4, 0.5) is 5.69 Å². The van der Waals surface area contributed by atoms with E-state index in [0.29, 0.717) is 61.8 Å². The monoisotopic (exact) mass is 596 g/mol. The van der Waals surface area contributed by atoms with Crippen molar-refractivity contribution in [2.24, 2.45) is 11.7 Å². The van der Waals surface area contributed by atoms with Crippen LogP contribution >= 0.6 is 0 Å². The third-order valence-corrected chi connectivity index (χ3v) is 8.56. The van der Waals surface area contributed by atoms with Crippen LogP contribution in [0.15, 0.2) is 36.4 Å². The molecule has 3 atom stereocenters. The van der Waals surface area contributed by atoms with E-state index < -0.39 is 23.8 Å². The van der Waals surface area contributed by atoms with Gasteiger partial charge >= 0.3 is 5.97 Å². The van der Waals surface area contributed by atoms with Crippen LogP contribution in [0.2, 0.25) is 0 Å². The van der Waals surface area contributed by atoms with Gasteiger partial charge in [0.05, 0.1) is 19.1 Å². The SMILES string of the molecule is CCCCN(C(=O)CN1C[C@H](c2cc(CO)c3c(c2)OCO3)[C@@H](C(=O)O)[C@@H]1CCN(CC)C(C)=O)c1cccc(CN)c1. The van der Waals surface area contributed by atoms with Gasteiger partial charge in [-0.15, -0.1) is 0 Å². The molecule has 11 nitrogen and oxygen atoms in total. The van der Waals surface area contributed by atoms with Gasteiger partial charge in [-0.3, -0.25) is 19.3 Å². The number of nitrogens with two attached hydrogens (primary N) is 1. The number of carboxylic acid groups (broad SMARTS) is 1. The van der Waals surface area contributed by atoms with Crippen LogP contribution in [-0.4, -0.2) is 83.4 Å². The van der Waals surface area contributed by atoms with Gasteiger partial charge < -0.3 is 35.2 Å². The molecule has 2 aliphatic heterocycles. The van der Waals surface area contributed by atoms with Crippen LogP contribution in [0.1, 0.15) is 62.6 Å². The Morgan fingerprint density at radius 2 is 1.91 bits per heavy atom. The van der Waals surface area contributed by atoms with Crippen molar-refractivity contribution in [2.45, 2.75) is 65.1 Å². The summed E-state index contributed by atoms with van der Waals surface area (Å²) in [4.78, 5) is 44.5. The minimum absolute atomic E-state index is 0.0190. The fourth-order valence-electron chi connectivity index (χ4n) is 6.28. The highest BCUT2D eigenvalue weighted by molar-refractivity contribution is 5.95. The zero-order valence-electron chi connectivity index (χ0n) is 25.3. The Labute approximate surface area is 253 Å². The number of nitrogens with zero attached hydrogens (tertiary/aromatic N) is 3. The number of aliphatic hydroxyl groups excluding tert-OH is 1. The van der Waals surface area contributed by atoms with E-state index in [0.717, 1.165) is 24.1 Å². The van der Waals surface area contributed by atoms with E-state index in [1.807, 2.05) is 36.1 Å². The number of fused-ring (bicyclic) bond motifs is 1. The molecule has 0 saturated carbocycles. The molecule has 2 aliphatic rings. The lowest BCUT2D eigenvalue weighted by atomic mass is 9.83. The van der Waals surface area contributed by atoms with E-state index in [-0.39, 0.29) is 31.8 Å². The number of amides is 2. The first-order valence-electron chi connectivity index (χ1n) is 15.1. The second-order valence-corrected chi connectivity index (χ2v) is 11.2. The second kappa shape index (κ2) is 14.7. The molecule has 2 aromatic carbocycles. The van der Waals surface area contributed by atoms with Crippen molar-refractivity contribution in [1.29, 1.82) is 0 Å². The molecule has 234 valence electrons. The number of carboxylic acids is 1. The maximum Gasteiger partial charge on any atom is 0.308 e.